The van der Waals surface area contributed by atoms with Gasteiger partial charge in [0.1, 0.15) is 0 Å². The first-order valence-electron chi connectivity index (χ1n) is 4.90. The van der Waals surface area contributed by atoms with Crippen LogP contribution in [-0.2, 0) is 0 Å². The van der Waals surface area contributed by atoms with Gasteiger partial charge in [-0.15, -0.1) is 0 Å². The lowest BCUT2D eigenvalue weighted by molar-refractivity contribution is 0.292. The molecule has 78 valence electrons. The smallest absolute Gasteiger partial charge is 0.0547 e. The van der Waals surface area contributed by atoms with Crippen LogP contribution in [0.5, 0.6) is 0 Å². The molecule has 0 radical (unpaired) electrons. The molecule has 0 spiro atoms. The van der Waals surface area contributed by atoms with Crippen molar-refractivity contribution in [1.29, 1.82) is 0 Å². The summed E-state index contributed by atoms with van der Waals surface area (Å²) in [6.07, 6.45) is 4.32. The van der Waals surface area contributed by atoms with Crippen molar-refractivity contribution in [3.8, 4) is 0 Å². The third kappa shape index (κ3) is 3.62. The van der Waals surface area contributed by atoms with Crippen LogP contribution in [0.4, 0.5) is 11.4 Å². The number of aromatic nitrogens is 1. The minimum atomic E-state index is 0.216. The Labute approximate surface area is 84.4 Å². The van der Waals surface area contributed by atoms with E-state index >= 15 is 0 Å². The second-order valence-corrected chi connectivity index (χ2v) is 3.00. The van der Waals surface area contributed by atoms with Gasteiger partial charge in [-0.05, 0) is 19.4 Å². The second kappa shape index (κ2) is 6.21. The molecule has 0 aliphatic rings. The van der Waals surface area contributed by atoms with E-state index in [-0.39, 0.29) is 6.61 Å². The first-order valence-corrected chi connectivity index (χ1v) is 4.90. The van der Waals surface area contributed by atoms with Gasteiger partial charge >= 0.3 is 0 Å². The van der Waals surface area contributed by atoms with E-state index in [4.69, 9.17) is 5.11 Å². The van der Waals surface area contributed by atoms with E-state index in [1.54, 1.807) is 12.4 Å². The number of nitrogens with zero attached hydrogens (tertiary/aromatic N) is 1. The van der Waals surface area contributed by atoms with Crippen molar-refractivity contribution < 1.29 is 5.11 Å². The van der Waals surface area contributed by atoms with Gasteiger partial charge in [0.05, 0.1) is 23.8 Å². The van der Waals surface area contributed by atoms with Gasteiger partial charge < -0.3 is 15.7 Å². The van der Waals surface area contributed by atoms with Crippen LogP contribution in [0.1, 0.15) is 13.3 Å². The van der Waals surface area contributed by atoms with Gasteiger partial charge in [-0.3, -0.25) is 4.98 Å². The zero-order chi connectivity index (χ0) is 10.2. The summed E-state index contributed by atoms with van der Waals surface area (Å²) in [7, 11) is 0. The summed E-state index contributed by atoms with van der Waals surface area (Å²) in [5, 5.41) is 15.0. The topological polar surface area (TPSA) is 57.2 Å². The van der Waals surface area contributed by atoms with Gasteiger partial charge in [-0.1, -0.05) is 0 Å². The van der Waals surface area contributed by atoms with Crippen molar-refractivity contribution in [2.45, 2.75) is 13.3 Å². The molecule has 1 rings (SSSR count). The molecule has 4 nitrogen and oxygen atoms in total. The average molecular weight is 195 g/mol. The Hall–Kier alpha value is -1.29. The molecule has 1 aromatic rings. The summed E-state index contributed by atoms with van der Waals surface area (Å²) < 4.78 is 0. The Balaban J connectivity index is 2.46. The van der Waals surface area contributed by atoms with Crippen LogP contribution >= 0.6 is 0 Å². The van der Waals surface area contributed by atoms with E-state index in [2.05, 4.69) is 15.6 Å². The molecule has 14 heavy (non-hydrogen) atoms. The van der Waals surface area contributed by atoms with Crippen molar-refractivity contribution in [2.24, 2.45) is 0 Å². The Kier molecular flexibility index (Phi) is 4.78. The molecule has 3 N–H and O–H groups in total. The van der Waals surface area contributed by atoms with E-state index in [1.807, 2.05) is 13.0 Å². The fourth-order valence-electron chi connectivity index (χ4n) is 1.15. The number of hydrogen-bond acceptors (Lipinski definition) is 4. The maximum atomic E-state index is 8.62. The minimum absolute atomic E-state index is 0.216. The summed E-state index contributed by atoms with van der Waals surface area (Å²) in [5.74, 6) is 0. The molecule has 0 saturated carbocycles. The molecule has 4 heteroatoms. The third-order valence-corrected chi connectivity index (χ3v) is 1.78. The van der Waals surface area contributed by atoms with Crippen LogP contribution in [0.3, 0.4) is 0 Å². The third-order valence-electron chi connectivity index (χ3n) is 1.78. The molecule has 0 fully saturated rings. The summed E-state index contributed by atoms with van der Waals surface area (Å²) >= 11 is 0. The first-order chi connectivity index (χ1) is 6.86. The number of hydrogen-bond donors (Lipinski definition) is 3. The molecule has 1 aromatic heterocycles. The van der Waals surface area contributed by atoms with E-state index in [0.717, 1.165) is 30.9 Å². The highest BCUT2D eigenvalue weighted by Crippen LogP contribution is 2.12. The highest BCUT2D eigenvalue weighted by Gasteiger charge is 1.94. The van der Waals surface area contributed by atoms with Crippen LogP contribution in [0.25, 0.3) is 0 Å². The fourth-order valence-corrected chi connectivity index (χ4v) is 1.15. The Morgan fingerprint density at radius 1 is 1.29 bits per heavy atom. The Morgan fingerprint density at radius 2 is 2.00 bits per heavy atom. The number of aliphatic hydroxyl groups is 1. The van der Waals surface area contributed by atoms with Crippen LogP contribution < -0.4 is 10.6 Å². The molecule has 0 unspecified atom stereocenters. The predicted octanol–water partition coefficient (Wildman–Crippen LogP) is 1.31. The molecule has 1 heterocycles. The van der Waals surface area contributed by atoms with Crippen molar-refractivity contribution in [2.75, 3.05) is 30.3 Å². The number of aliphatic hydroxyl groups excluding tert-OH is 1. The summed E-state index contributed by atoms with van der Waals surface area (Å²) in [6.45, 7) is 3.93. The Bertz CT molecular complexity index is 265. The number of nitrogens with one attached hydrogen (secondary N) is 2. The predicted molar refractivity (Wildman–Crippen MR) is 58.6 cm³/mol. The second-order valence-electron chi connectivity index (χ2n) is 3.00. The fraction of sp³-hybridized carbons (Fsp3) is 0.500. The average Bonchev–Trinajstić information content (AvgIpc) is 2.19. The van der Waals surface area contributed by atoms with Gasteiger partial charge in [0.15, 0.2) is 0 Å². The van der Waals surface area contributed by atoms with Gasteiger partial charge in [0, 0.05) is 19.7 Å². The molecule has 0 bridgehead atoms. The molecule has 0 aromatic carbocycles. The van der Waals surface area contributed by atoms with Crippen LogP contribution in [0.15, 0.2) is 18.5 Å². The van der Waals surface area contributed by atoms with E-state index in [1.165, 1.54) is 0 Å². The number of pyridine rings is 1. The monoisotopic (exact) mass is 195 g/mol. The molecule has 0 saturated heterocycles. The van der Waals surface area contributed by atoms with Crippen molar-refractivity contribution in [3.05, 3.63) is 18.5 Å². The Morgan fingerprint density at radius 3 is 2.64 bits per heavy atom. The normalized spacial score (nSPS) is 9.86. The standard InChI is InChI=1S/C10H17N3O/c1-2-12-9-6-10(8-11-7-9)13-4-3-5-14/h6-8,12-14H,2-5H2,1H3. The minimum Gasteiger partial charge on any atom is -0.396 e. The van der Waals surface area contributed by atoms with E-state index < -0.39 is 0 Å². The van der Waals surface area contributed by atoms with E-state index in [9.17, 15) is 0 Å². The van der Waals surface area contributed by atoms with Gasteiger partial charge in [0.2, 0.25) is 0 Å². The van der Waals surface area contributed by atoms with E-state index in [0.29, 0.717) is 0 Å². The van der Waals surface area contributed by atoms with Crippen molar-refractivity contribution in [3.63, 3.8) is 0 Å². The van der Waals surface area contributed by atoms with Crippen molar-refractivity contribution in [1.82, 2.24) is 4.98 Å². The SMILES string of the molecule is CCNc1cncc(NCCCO)c1. The summed E-state index contributed by atoms with van der Waals surface area (Å²) in [5.41, 5.74) is 2.00. The summed E-state index contributed by atoms with van der Waals surface area (Å²) in [6, 6.07) is 2.01. The van der Waals surface area contributed by atoms with Crippen molar-refractivity contribution >= 4 is 11.4 Å². The number of anilines is 2. The molecule has 0 aliphatic carbocycles. The van der Waals surface area contributed by atoms with Gasteiger partial charge in [-0.2, -0.15) is 0 Å². The molecule has 0 aliphatic heterocycles. The molecular formula is C10H17N3O. The lowest BCUT2D eigenvalue weighted by atomic mass is 10.3. The lowest BCUT2D eigenvalue weighted by Crippen LogP contribution is -2.04. The van der Waals surface area contributed by atoms with Crippen LogP contribution in [-0.4, -0.2) is 29.8 Å². The maximum absolute atomic E-state index is 8.62. The molecule has 0 atom stereocenters. The van der Waals surface area contributed by atoms with Gasteiger partial charge in [0.25, 0.3) is 0 Å². The number of rotatable bonds is 6. The highest BCUT2D eigenvalue weighted by atomic mass is 16.3. The highest BCUT2D eigenvalue weighted by molar-refractivity contribution is 5.53. The molecule has 0 amide bonds. The molecular weight excluding hydrogens is 178 g/mol. The summed E-state index contributed by atoms with van der Waals surface area (Å²) in [4.78, 5) is 4.09. The quantitative estimate of drug-likeness (QED) is 0.599. The lowest BCUT2D eigenvalue weighted by Gasteiger charge is -2.07. The van der Waals surface area contributed by atoms with Crippen LogP contribution in [0.2, 0.25) is 0 Å². The first kappa shape index (κ1) is 10.8. The van der Waals surface area contributed by atoms with Crippen LogP contribution in [0, 0.1) is 0 Å². The maximum Gasteiger partial charge on any atom is 0.0547 e. The zero-order valence-corrected chi connectivity index (χ0v) is 8.45. The zero-order valence-electron chi connectivity index (χ0n) is 8.45. The van der Waals surface area contributed by atoms with Gasteiger partial charge in [-0.25, -0.2) is 0 Å². The largest absolute Gasteiger partial charge is 0.396 e.